The normalized spacial score (nSPS) is 11.6. The summed E-state index contributed by atoms with van der Waals surface area (Å²) >= 11 is 1.58. The van der Waals surface area contributed by atoms with E-state index in [1.54, 1.807) is 17.8 Å². The Labute approximate surface area is 267 Å². The fourth-order valence-corrected chi connectivity index (χ4v) is 5.70. The molecule has 6 nitrogen and oxygen atoms in total. The van der Waals surface area contributed by atoms with Crippen molar-refractivity contribution in [3.63, 3.8) is 0 Å². The molecule has 1 amide bonds. The molecular weight excluding hydrogens is 594 g/mol. The van der Waals surface area contributed by atoms with Gasteiger partial charge in [0.05, 0.1) is 7.11 Å². The van der Waals surface area contributed by atoms with Crippen molar-refractivity contribution in [2.24, 2.45) is 0 Å². The van der Waals surface area contributed by atoms with Gasteiger partial charge in [0, 0.05) is 37.0 Å². The minimum atomic E-state index is -0.782. The summed E-state index contributed by atoms with van der Waals surface area (Å²) in [6.07, 6.45) is 2.89. The number of ether oxygens (including phenoxy) is 1. The molecule has 2 N–H and O–H groups in total. The van der Waals surface area contributed by atoms with Gasteiger partial charge in [-0.1, -0.05) is 42.5 Å². The molecule has 4 aromatic rings. The van der Waals surface area contributed by atoms with Gasteiger partial charge in [-0.2, -0.15) is 11.8 Å². The van der Waals surface area contributed by atoms with Crippen LogP contribution >= 0.6 is 11.8 Å². The van der Waals surface area contributed by atoms with E-state index < -0.39 is 23.6 Å². The smallest absolute Gasteiger partial charge is 0.328 e. The second-order valence-electron chi connectivity index (χ2n) is 10.8. The molecule has 0 fully saturated rings. The van der Waals surface area contributed by atoms with Crippen LogP contribution < -0.4 is 10.2 Å². The molecule has 45 heavy (non-hydrogen) atoms. The number of carbonyl (C=O) groups is 2. The van der Waals surface area contributed by atoms with Crippen LogP contribution in [0.2, 0.25) is 0 Å². The minimum absolute atomic E-state index is 0.0329. The van der Waals surface area contributed by atoms with Gasteiger partial charge in [0.25, 0.3) is 5.91 Å². The highest BCUT2D eigenvalue weighted by Crippen LogP contribution is 2.30. The van der Waals surface area contributed by atoms with Crippen LogP contribution in [0.5, 0.6) is 0 Å². The number of anilines is 1. The van der Waals surface area contributed by atoms with Crippen molar-refractivity contribution in [2.45, 2.75) is 38.9 Å². The van der Waals surface area contributed by atoms with Crippen molar-refractivity contribution in [1.82, 2.24) is 5.32 Å². The van der Waals surface area contributed by atoms with Crippen LogP contribution in [0.15, 0.2) is 84.9 Å². The highest BCUT2D eigenvalue weighted by molar-refractivity contribution is 7.98. The van der Waals surface area contributed by atoms with Crippen molar-refractivity contribution < 1.29 is 28.2 Å². The maximum absolute atomic E-state index is 14.1. The van der Waals surface area contributed by atoms with Gasteiger partial charge in [-0.25, -0.2) is 13.6 Å². The molecule has 0 heterocycles. The number of thioether (sulfide) groups is 1. The molecule has 0 spiro atoms. The number of hydrogen-bond acceptors (Lipinski definition) is 6. The lowest BCUT2D eigenvalue weighted by molar-refractivity contribution is -0.142. The largest absolute Gasteiger partial charge is 0.467 e. The van der Waals surface area contributed by atoms with Gasteiger partial charge in [0.2, 0.25) is 0 Å². The van der Waals surface area contributed by atoms with Crippen LogP contribution in [0.1, 0.15) is 39.0 Å². The Morgan fingerprint density at radius 3 is 2.20 bits per heavy atom. The number of esters is 1. The van der Waals surface area contributed by atoms with Crippen LogP contribution in [-0.4, -0.2) is 48.8 Å². The van der Waals surface area contributed by atoms with Gasteiger partial charge in [0.1, 0.15) is 17.7 Å². The van der Waals surface area contributed by atoms with Gasteiger partial charge < -0.3 is 20.1 Å². The van der Waals surface area contributed by atoms with E-state index >= 15 is 0 Å². The van der Waals surface area contributed by atoms with E-state index in [9.17, 15) is 23.5 Å². The molecule has 0 saturated carbocycles. The second-order valence-corrected chi connectivity index (χ2v) is 11.8. The maximum Gasteiger partial charge on any atom is 0.328 e. The second kappa shape index (κ2) is 16.2. The summed E-state index contributed by atoms with van der Waals surface area (Å²) < 4.78 is 33.2. The highest BCUT2D eigenvalue weighted by Gasteiger charge is 2.24. The van der Waals surface area contributed by atoms with Crippen molar-refractivity contribution in [1.29, 1.82) is 0 Å². The van der Waals surface area contributed by atoms with Gasteiger partial charge in [0.15, 0.2) is 0 Å². The van der Waals surface area contributed by atoms with Crippen LogP contribution in [0.25, 0.3) is 11.1 Å². The van der Waals surface area contributed by atoms with Crippen LogP contribution in [0, 0.1) is 18.6 Å². The molecule has 0 unspecified atom stereocenters. The summed E-state index contributed by atoms with van der Waals surface area (Å²) in [7, 11) is 1.30. The average Bonchev–Trinajstić information content (AvgIpc) is 3.02. The Bertz CT molecular complexity index is 1590. The number of benzene rings is 4. The Morgan fingerprint density at radius 1 is 0.889 bits per heavy atom. The van der Waals surface area contributed by atoms with Gasteiger partial charge in [-0.15, -0.1) is 0 Å². The van der Waals surface area contributed by atoms with E-state index in [0.717, 1.165) is 34.0 Å². The standard InChI is InChI=1S/C36H38F2N2O4S/c1-24-6-4-5-7-31(24)33-20-26(10-13-32(33)35(42)39-34(15-17-45-3)36(43)44-2)22-40(23-27-18-28(37)21-29(38)19-27)30-11-8-25(9-12-30)14-16-41/h4-13,18-21,34,41H,14-17,22-23H2,1-3H3,(H,39,42)/t34-/m0/s1. The third-order valence-corrected chi connectivity index (χ3v) is 8.18. The number of amides is 1. The molecule has 4 aromatic carbocycles. The molecule has 0 radical (unpaired) electrons. The predicted octanol–water partition coefficient (Wildman–Crippen LogP) is 6.71. The van der Waals surface area contributed by atoms with Gasteiger partial charge in [-0.05, 0) is 102 Å². The summed E-state index contributed by atoms with van der Waals surface area (Å²) in [6.45, 7) is 2.60. The van der Waals surface area contributed by atoms with Crippen molar-refractivity contribution in [3.8, 4) is 11.1 Å². The number of hydrogen-bond donors (Lipinski definition) is 2. The molecule has 0 aliphatic carbocycles. The summed E-state index contributed by atoms with van der Waals surface area (Å²) in [5.74, 6) is -1.51. The number of carbonyl (C=O) groups excluding carboxylic acids is 2. The number of rotatable bonds is 14. The molecule has 0 aromatic heterocycles. The third kappa shape index (κ3) is 9.15. The van der Waals surface area contributed by atoms with Crippen molar-refractivity contribution >= 4 is 29.3 Å². The lowest BCUT2D eigenvalue weighted by Gasteiger charge is -2.26. The number of aliphatic hydroxyl groups is 1. The van der Waals surface area contributed by atoms with Crippen molar-refractivity contribution in [2.75, 3.05) is 30.6 Å². The Balaban J connectivity index is 1.73. The number of methoxy groups -OCH3 is 1. The van der Waals surface area contributed by atoms with Crippen molar-refractivity contribution in [3.05, 3.63) is 124 Å². The number of aryl methyl sites for hydroxylation is 1. The number of aliphatic hydroxyl groups excluding tert-OH is 1. The minimum Gasteiger partial charge on any atom is -0.467 e. The molecule has 0 aliphatic heterocycles. The van der Waals surface area contributed by atoms with E-state index in [1.165, 1.54) is 19.2 Å². The summed E-state index contributed by atoms with van der Waals surface area (Å²) in [6, 6.07) is 23.7. The van der Waals surface area contributed by atoms with Crippen LogP contribution in [0.3, 0.4) is 0 Å². The zero-order valence-electron chi connectivity index (χ0n) is 25.7. The zero-order valence-corrected chi connectivity index (χ0v) is 26.5. The SMILES string of the molecule is COC(=O)[C@H](CCSC)NC(=O)c1ccc(CN(Cc2cc(F)cc(F)c2)c2ccc(CCO)cc2)cc1-c1ccccc1C. The summed E-state index contributed by atoms with van der Waals surface area (Å²) in [4.78, 5) is 28.1. The molecule has 0 aliphatic rings. The predicted molar refractivity (Wildman–Crippen MR) is 176 cm³/mol. The molecule has 9 heteroatoms. The molecular formula is C36H38F2N2O4S. The van der Waals surface area contributed by atoms with Gasteiger partial charge in [-0.3, -0.25) is 4.79 Å². The first-order valence-corrected chi connectivity index (χ1v) is 16.1. The van der Waals surface area contributed by atoms with E-state index in [0.29, 0.717) is 41.8 Å². The van der Waals surface area contributed by atoms with Gasteiger partial charge >= 0.3 is 5.97 Å². The van der Waals surface area contributed by atoms with E-state index in [-0.39, 0.29) is 19.1 Å². The molecule has 4 rings (SSSR count). The average molecular weight is 633 g/mol. The molecule has 236 valence electrons. The third-order valence-electron chi connectivity index (χ3n) is 7.54. The highest BCUT2D eigenvalue weighted by atomic mass is 32.2. The van der Waals surface area contributed by atoms with Crippen LogP contribution in [0.4, 0.5) is 14.5 Å². The van der Waals surface area contributed by atoms with E-state index in [4.69, 9.17) is 4.74 Å². The fourth-order valence-electron chi connectivity index (χ4n) is 5.23. The van der Waals surface area contributed by atoms with E-state index in [1.807, 2.05) is 78.7 Å². The summed E-state index contributed by atoms with van der Waals surface area (Å²) in [5.41, 5.74) is 6.10. The first kappa shape index (κ1) is 33.7. The quantitative estimate of drug-likeness (QED) is 0.151. The first-order chi connectivity index (χ1) is 21.7. The fraction of sp³-hybridized carbons (Fsp3) is 0.278. The first-order valence-electron chi connectivity index (χ1n) is 14.7. The number of nitrogens with zero attached hydrogens (tertiary/aromatic N) is 1. The number of nitrogens with one attached hydrogen (secondary N) is 1. The maximum atomic E-state index is 14.1. The lowest BCUT2D eigenvalue weighted by atomic mass is 9.93. The monoisotopic (exact) mass is 632 g/mol. The zero-order chi connectivity index (χ0) is 32.3. The number of halogens is 2. The Morgan fingerprint density at radius 2 is 1.56 bits per heavy atom. The summed E-state index contributed by atoms with van der Waals surface area (Å²) in [5, 5.41) is 12.2. The Kier molecular flexibility index (Phi) is 12.1. The van der Waals surface area contributed by atoms with E-state index in [2.05, 4.69) is 5.32 Å². The Hall–Kier alpha value is -4.21. The molecule has 0 saturated heterocycles. The van der Waals surface area contributed by atoms with Crippen LogP contribution in [-0.2, 0) is 29.0 Å². The molecule has 1 atom stereocenters. The topological polar surface area (TPSA) is 78.9 Å². The lowest BCUT2D eigenvalue weighted by Crippen LogP contribution is -2.42. The molecule has 0 bridgehead atoms.